The Kier molecular flexibility index (Phi) is 5.44. The van der Waals surface area contributed by atoms with E-state index in [2.05, 4.69) is 30.9 Å². The molecule has 12 nitrogen and oxygen atoms in total. The summed E-state index contributed by atoms with van der Waals surface area (Å²) in [6.07, 6.45) is 2.98. The van der Waals surface area contributed by atoms with E-state index >= 15 is 0 Å². The summed E-state index contributed by atoms with van der Waals surface area (Å²) >= 11 is 0. The van der Waals surface area contributed by atoms with E-state index in [9.17, 15) is 22.8 Å². The van der Waals surface area contributed by atoms with Crippen LogP contribution in [0, 0.1) is 6.92 Å². The second-order valence-corrected chi connectivity index (χ2v) is 9.00. The van der Waals surface area contributed by atoms with Gasteiger partial charge in [0.15, 0.2) is 0 Å². The van der Waals surface area contributed by atoms with E-state index in [4.69, 9.17) is 9.63 Å². The number of rotatable bonds is 7. The van der Waals surface area contributed by atoms with Crippen LogP contribution in [0.5, 0.6) is 0 Å². The van der Waals surface area contributed by atoms with Gasteiger partial charge in [-0.25, -0.2) is 13.7 Å². The summed E-state index contributed by atoms with van der Waals surface area (Å²) in [5.74, 6) is -2.68. The van der Waals surface area contributed by atoms with Crippen LogP contribution >= 0.6 is 0 Å². The molecule has 1 amide bonds. The van der Waals surface area contributed by atoms with Gasteiger partial charge in [0.25, 0.3) is 5.91 Å². The number of amides is 1. The van der Waals surface area contributed by atoms with Crippen LogP contribution in [0.2, 0.25) is 0 Å². The molecule has 4 aromatic heterocycles. The molecule has 0 saturated heterocycles. The summed E-state index contributed by atoms with van der Waals surface area (Å²) in [6.45, 7) is 1.81. The van der Waals surface area contributed by atoms with E-state index < -0.39 is 24.1 Å². The molecule has 1 aromatic carbocycles. The molecule has 5 aromatic rings. The number of carboxylic acid groups (broad SMARTS) is 1. The molecule has 39 heavy (non-hydrogen) atoms. The van der Waals surface area contributed by atoms with Crippen LogP contribution in [0.1, 0.15) is 34.2 Å². The largest absolute Gasteiger partial charge is 0.475 e. The van der Waals surface area contributed by atoms with Gasteiger partial charge in [-0.05, 0) is 37.1 Å². The Hall–Kier alpha value is -5.08. The second-order valence-electron chi connectivity index (χ2n) is 9.00. The maximum atomic E-state index is 13.7. The summed E-state index contributed by atoms with van der Waals surface area (Å²) in [5.41, 5.74) is 2.79. The van der Waals surface area contributed by atoms with Crippen molar-refractivity contribution in [2.24, 2.45) is 0 Å². The van der Waals surface area contributed by atoms with E-state index in [-0.39, 0.29) is 33.6 Å². The minimum atomic E-state index is -4.26. The number of benzene rings is 1. The third-order valence-electron chi connectivity index (χ3n) is 6.31. The van der Waals surface area contributed by atoms with Crippen LogP contribution in [0.25, 0.3) is 28.2 Å². The van der Waals surface area contributed by atoms with Crippen molar-refractivity contribution >= 4 is 23.1 Å². The molecule has 2 atom stereocenters. The quantitative estimate of drug-likeness (QED) is 0.316. The number of hydrogen-bond donors (Lipinski definition) is 2. The molecule has 0 aliphatic heterocycles. The first kappa shape index (κ1) is 24.3. The number of halogens is 3. The van der Waals surface area contributed by atoms with Gasteiger partial charge in [-0.2, -0.15) is 23.5 Å². The molecule has 1 aliphatic carbocycles. The fourth-order valence-corrected chi connectivity index (χ4v) is 3.95. The Bertz CT molecular complexity index is 1760. The highest BCUT2D eigenvalue weighted by Crippen LogP contribution is 2.43. The van der Waals surface area contributed by atoms with E-state index in [1.165, 1.54) is 23.0 Å². The molecule has 1 saturated carbocycles. The number of aromatic nitrogens is 7. The Morgan fingerprint density at radius 3 is 2.69 bits per heavy atom. The molecule has 2 N–H and O–H groups in total. The van der Waals surface area contributed by atoms with Crippen LogP contribution in [0.15, 0.2) is 53.4 Å². The van der Waals surface area contributed by atoms with Crippen molar-refractivity contribution in [1.29, 1.82) is 0 Å². The number of anilines is 1. The Morgan fingerprint density at radius 2 is 1.95 bits per heavy atom. The van der Waals surface area contributed by atoms with Gasteiger partial charge in [0, 0.05) is 23.0 Å². The molecular formula is C24H17F3N8O4. The average Bonchev–Trinajstić information content (AvgIpc) is 3.37. The van der Waals surface area contributed by atoms with Crippen LogP contribution in [0.3, 0.4) is 0 Å². The molecule has 6 rings (SSSR count). The lowest BCUT2D eigenvalue weighted by atomic mass is 10.1. The fraction of sp³-hybridized carbons (Fsp3) is 0.208. The molecule has 0 bridgehead atoms. The molecule has 15 heteroatoms. The normalized spacial score (nSPS) is 16.9. The highest BCUT2D eigenvalue weighted by molar-refractivity contribution is 6.09. The number of aryl methyl sites for hydroxylation is 1. The van der Waals surface area contributed by atoms with Gasteiger partial charge in [0.1, 0.15) is 11.9 Å². The smallest absolute Gasteiger partial charge is 0.442 e. The molecular weight excluding hydrogens is 521 g/mol. The zero-order valence-corrected chi connectivity index (χ0v) is 19.9. The van der Waals surface area contributed by atoms with E-state index in [1.54, 1.807) is 24.3 Å². The third kappa shape index (κ3) is 4.26. The SMILES string of the molecule is Cc1ccc(-c2noc([C@H]3C[C@@H]3F)n2)cc1NC(=O)c1cnn2cc(-c3cn(C(F)(F)C(=O)O)nn3)ccc12. The van der Waals surface area contributed by atoms with Crippen molar-refractivity contribution in [2.45, 2.75) is 31.5 Å². The lowest BCUT2D eigenvalue weighted by Crippen LogP contribution is -2.33. The highest BCUT2D eigenvalue weighted by atomic mass is 19.3. The number of nitrogens with zero attached hydrogens (tertiary/aromatic N) is 7. The average molecular weight is 538 g/mol. The Labute approximate surface area is 216 Å². The van der Waals surface area contributed by atoms with Crippen molar-refractivity contribution in [2.75, 3.05) is 5.32 Å². The number of hydrogen-bond acceptors (Lipinski definition) is 8. The lowest BCUT2D eigenvalue weighted by Gasteiger charge is -2.09. The van der Waals surface area contributed by atoms with E-state index in [0.717, 1.165) is 11.8 Å². The Morgan fingerprint density at radius 1 is 1.18 bits per heavy atom. The standard InChI is InChI=1S/C24H17F3N8O4/c1-11-2-3-12(20-30-22(39-32-20)14-7-16(14)25)6-17(11)29-21(36)15-8-28-34-9-13(4-5-19(15)34)18-10-35(33-31-18)24(26,27)23(37)38/h2-6,8-10,14,16H,7H2,1H3,(H,29,36)(H,37,38)/t14-,16-/m0/s1. The topological polar surface area (TPSA) is 153 Å². The first-order chi connectivity index (χ1) is 18.6. The summed E-state index contributed by atoms with van der Waals surface area (Å²) in [4.78, 5) is 28.2. The third-order valence-corrected chi connectivity index (χ3v) is 6.31. The van der Waals surface area contributed by atoms with E-state index in [0.29, 0.717) is 28.8 Å². The number of carbonyl (C=O) groups is 2. The second kappa shape index (κ2) is 8.75. The molecule has 1 fully saturated rings. The molecule has 198 valence electrons. The van der Waals surface area contributed by atoms with Gasteiger partial charge < -0.3 is 14.9 Å². The number of nitrogens with one attached hydrogen (secondary N) is 1. The van der Waals surface area contributed by atoms with Crippen LogP contribution in [0.4, 0.5) is 18.9 Å². The maximum absolute atomic E-state index is 13.7. The lowest BCUT2D eigenvalue weighted by molar-refractivity contribution is -0.183. The van der Waals surface area contributed by atoms with Crippen molar-refractivity contribution in [3.63, 3.8) is 0 Å². The van der Waals surface area contributed by atoms with Gasteiger partial charge in [-0.3, -0.25) is 4.79 Å². The van der Waals surface area contributed by atoms with Gasteiger partial charge >= 0.3 is 12.0 Å². The van der Waals surface area contributed by atoms with Crippen molar-refractivity contribution in [3.8, 4) is 22.6 Å². The van der Waals surface area contributed by atoms with Crippen molar-refractivity contribution < 1.29 is 32.4 Å². The summed E-state index contributed by atoms with van der Waals surface area (Å²) in [6, 6.07) is 4.02. The zero-order valence-electron chi connectivity index (χ0n) is 19.9. The molecule has 4 heterocycles. The van der Waals surface area contributed by atoms with Gasteiger partial charge in [-0.1, -0.05) is 22.5 Å². The number of fused-ring (bicyclic) bond motifs is 1. The molecule has 0 unspecified atom stereocenters. The zero-order chi connectivity index (χ0) is 27.5. The predicted octanol–water partition coefficient (Wildman–Crippen LogP) is 3.66. The Balaban J connectivity index is 1.23. The van der Waals surface area contributed by atoms with Gasteiger partial charge in [0.05, 0.1) is 29.4 Å². The van der Waals surface area contributed by atoms with Crippen LogP contribution < -0.4 is 5.32 Å². The minimum Gasteiger partial charge on any atom is -0.475 e. The first-order valence-electron chi connectivity index (χ1n) is 11.5. The number of pyridine rings is 1. The van der Waals surface area contributed by atoms with Crippen LogP contribution in [-0.2, 0) is 10.8 Å². The minimum absolute atomic E-state index is 0.0138. The number of aliphatic carboxylic acids is 1. The first-order valence-corrected chi connectivity index (χ1v) is 11.5. The number of carbonyl (C=O) groups excluding carboxylic acids is 1. The molecule has 1 aliphatic rings. The monoisotopic (exact) mass is 538 g/mol. The summed E-state index contributed by atoms with van der Waals surface area (Å²) in [7, 11) is 0. The number of alkyl halides is 3. The van der Waals surface area contributed by atoms with E-state index in [1.807, 2.05) is 6.92 Å². The van der Waals surface area contributed by atoms with Crippen molar-refractivity contribution in [3.05, 3.63) is 65.9 Å². The van der Waals surface area contributed by atoms with Gasteiger partial charge in [0.2, 0.25) is 11.7 Å². The fourth-order valence-electron chi connectivity index (χ4n) is 3.95. The summed E-state index contributed by atoms with van der Waals surface area (Å²) < 4.78 is 47.2. The maximum Gasteiger partial charge on any atom is 0.442 e. The molecule has 0 spiro atoms. The summed E-state index contributed by atoms with van der Waals surface area (Å²) in [5, 5.41) is 26.4. The molecule has 0 radical (unpaired) electrons. The highest BCUT2D eigenvalue weighted by Gasteiger charge is 2.44. The van der Waals surface area contributed by atoms with Gasteiger partial charge in [-0.15, -0.1) is 5.10 Å². The van der Waals surface area contributed by atoms with Crippen molar-refractivity contribution in [1.82, 2.24) is 34.7 Å². The van der Waals surface area contributed by atoms with Crippen LogP contribution in [-0.4, -0.2) is 57.9 Å². The predicted molar refractivity (Wildman–Crippen MR) is 127 cm³/mol. The number of carboxylic acids is 1.